The van der Waals surface area contributed by atoms with Crippen LogP contribution >= 0.6 is 35.7 Å². The number of thioether (sulfide) groups is 2. The van der Waals surface area contributed by atoms with Crippen molar-refractivity contribution in [2.24, 2.45) is 11.7 Å². The van der Waals surface area contributed by atoms with Crippen LogP contribution in [0.2, 0.25) is 0 Å². The van der Waals surface area contributed by atoms with Gasteiger partial charge in [0.05, 0.1) is 9.07 Å². The number of hydrogen-bond acceptors (Lipinski definition) is 3. The summed E-state index contributed by atoms with van der Waals surface area (Å²) in [5.74, 6) is 3.15. The molecule has 2 aliphatic rings. The average molecular weight is 219 g/mol. The van der Waals surface area contributed by atoms with E-state index in [1.165, 1.54) is 30.8 Å². The molecular weight excluding hydrogens is 206 g/mol. The van der Waals surface area contributed by atoms with Crippen molar-refractivity contribution in [3.8, 4) is 0 Å². The van der Waals surface area contributed by atoms with E-state index in [1.54, 1.807) is 0 Å². The van der Waals surface area contributed by atoms with Crippen LogP contribution in [0.15, 0.2) is 0 Å². The van der Waals surface area contributed by atoms with E-state index in [9.17, 15) is 0 Å². The second-order valence-electron chi connectivity index (χ2n) is 3.45. The van der Waals surface area contributed by atoms with Crippen molar-refractivity contribution in [1.82, 2.24) is 0 Å². The molecule has 1 aliphatic heterocycles. The Morgan fingerprint density at radius 2 is 2.08 bits per heavy atom. The molecule has 1 atom stereocenters. The molecule has 1 spiro atoms. The van der Waals surface area contributed by atoms with Gasteiger partial charge in [-0.25, -0.2) is 0 Å². The molecule has 1 heterocycles. The maximum atomic E-state index is 5.66. The Kier molecular flexibility index (Phi) is 2.58. The highest BCUT2D eigenvalue weighted by molar-refractivity contribution is 8.21. The van der Waals surface area contributed by atoms with E-state index in [1.807, 2.05) is 0 Å². The lowest BCUT2D eigenvalue weighted by Gasteiger charge is -2.20. The third kappa shape index (κ3) is 1.61. The van der Waals surface area contributed by atoms with Crippen LogP contribution in [-0.2, 0) is 0 Å². The zero-order chi connectivity index (χ0) is 8.60. The van der Waals surface area contributed by atoms with Crippen LogP contribution in [0.5, 0.6) is 0 Å². The van der Waals surface area contributed by atoms with Gasteiger partial charge in [-0.05, 0) is 19.3 Å². The third-order valence-electron chi connectivity index (χ3n) is 2.65. The lowest BCUT2D eigenvalue weighted by molar-refractivity contribution is 0.730. The molecule has 0 radical (unpaired) electrons. The molecule has 1 nitrogen and oxygen atoms in total. The van der Waals surface area contributed by atoms with Gasteiger partial charge < -0.3 is 5.73 Å². The SMILES string of the molecule is NC(=S)[C@@H]1CCC2(C1)SCCS2. The highest BCUT2D eigenvalue weighted by Crippen LogP contribution is 2.55. The average Bonchev–Trinajstić information content (AvgIpc) is 2.62. The normalized spacial score (nSPS) is 32.8. The Morgan fingerprint density at radius 3 is 2.58 bits per heavy atom. The summed E-state index contributed by atoms with van der Waals surface area (Å²) < 4.78 is 0.508. The first-order valence-corrected chi connectivity index (χ1v) is 6.67. The summed E-state index contributed by atoms with van der Waals surface area (Å²) >= 11 is 9.28. The van der Waals surface area contributed by atoms with Crippen molar-refractivity contribution in [3.05, 3.63) is 0 Å². The van der Waals surface area contributed by atoms with Gasteiger partial charge in [-0.15, -0.1) is 23.5 Å². The molecule has 1 saturated heterocycles. The Morgan fingerprint density at radius 1 is 1.42 bits per heavy atom. The summed E-state index contributed by atoms with van der Waals surface area (Å²) in [7, 11) is 0. The van der Waals surface area contributed by atoms with Gasteiger partial charge in [-0.1, -0.05) is 12.2 Å². The van der Waals surface area contributed by atoms with Crippen molar-refractivity contribution >= 4 is 40.7 Å². The Labute approximate surface area is 87.2 Å². The number of rotatable bonds is 1. The molecule has 2 fully saturated rings. The number of thiocarbonyl (C=S) groups is 1. The molecule has 0 unspecified atom stereocenters. The van der Waals surface area contributed by atoms with E-state index in [-0.39, 0.29) is 0 Å². The Hall–Kier alpha value is 0.590. The predicted octanol–water partition coefficient (Wildman–Crippen LogP) is 2.25. The van der Waals surface area contributed by atoms with Crippen molar-refractivity contribution < 1.29 is 0 Å². The highest BCUT2D eigenvalue weighted by Gasteiger charge is 2.43. The van der Waals surface area contributed by atoms with Crippen LogP contribution in [0.25, 0.3) is 0 Å². The van der Waals surface area contributed by atoms with E-state index in [0.717, 1.165) is 4.99 Å². The summed E-state index contributed by atoms with van der Waals surface area (Å²) in [6, 6.07) is 0. The molecule has 2 rings (SSSR count). The molecule has 0 bridgehead atoms. The van der Waals surface area contributed by atoms with Gasteiger partial charge in [0.15, 0.2) is 0 Å². The van der Waals surface area contributed by atoms with Crippen molar-refractivity contribution in [3.63, 3.8) is 0 Å². The van der Waals surface area contributed by atoms with Crippen LogP contribution in [0.4, 0.5) is 0 Å². The summed E-state index contributed by atoms with van der Waals surface area (Å²) in [6.07, 6.45) is 3.75. The zero-order valence-electron chi connectivity index (χ0n) is 6.91. The molecule has 2 N–H and O–H groups in total. The van der Waals surface area contributed by atoms with Gasteiger partial charge in [0.25, 0.3) is 0 Å². The van der Waals surface area contributed by atoms with E-state index in [4.69, 9.17) is 18.0 Å². The van der Waals surface area contributed by atoms with Gasteiger partial charge >= 0.3 is 0 Å². The van der Waals surface area contributed by atoms with Gasteiger partial charge in [-0.2, -0.15) is 0 Å². The first-order chi connectivity index (χ1) is 5.72. The van der Waals surface area contributed by atoms with Gasteiger partial charge in [-0.3, -0.25) is 0 Å². The molecule has 0 aromatic rings. The molecule has 0 aromatic heterocycles. The molecule has 1 aliphatic carbocycles. The van der Waals surface area contributed by atoms with E-state index < -0.39 is 0 Å². The van der Waals surface area contributed by atoms with Crippen LogP contribution in [-0.4, -0.2) is 20.6 Å². The van der Waals surface area contributed by atoms with Crippen LogP contribution < -0.4 is 5.73 Å². The van der Waals surface area contributed by atoms with Crippen molar-refractivity contribution in [2.45, 2.75) is 23.3 Å². The van der Waals surface area contributed by atoms with Gasteiger partial charge in [0, 0.05) is 17.4 Å². The minimum absolute atomic E-state index is 0.508. The van der Waals surface area contributed by atoms with Crippen molar-refractivity contribution in [2.75, 3.05) is 11.5 Å². The van der Waals surface area contributed by atoms with Crippen molar-refractivity contribution in [1.29, 1.82) is 0 Å². The van der Waals surface area contributed by atoms with E-state index in [0.29, 0.717) is 10.00 Å². The lowest BCUT2D eigenvalue weighted by Crippen LogP contribution is -2.20. The standard InChI is InChI=1S/C8H13NS3/c9-7(10)6-1-2-8(5-6)11-3-4-12-8/h6H,1-5H2,(H2,9,10)/t6-/m1/s1. The van der Waals surface area contributed by atoms with Crippen LogP contribution in [0.1, 0.15) is 19.3 Å². The Balaban J connectivity index is 2.01. The number of hydrogen-bond donors (Lipinski definition) is 1. The molecule has 1 saturated carbocycles. The summed E-state index contributed by atoms with van der Waals surface area (Å²) in [6.45, 7) is 0. The second kappa shape index (κ2) is 3.39. The Bertz CT molecular complexity index is 198. The fraction of sp³-hybridized carbons (Fsp3) is 0.875. The molecule has 4 heteroatoms. The van der Waals surface area contributed by atoms with E-state index in [2.05, 4.69) is 23.5 Å². The second-order valence-corrected chi connectivity index (χ2v) is 7.14. The molecule has 0 aromatic carbocycles. The number of nitrogens with two attached hydrogens (primary N) is 1. The van der Waals surface area contributed by atoms with E-state index >= 15 is 0 Å². The molecule has 68 valence electrons. The summed E-state index contributed by atoms with van der Waals surface area (Å²) in [5, 5.41) is 0. The highest BCUT2D eigenvalue weighted by atomic mass is 32.2. The smallest absolute Gasteiger partial charge is 0.0759 e. The molecule has 12 heavy (non-hydrogen) atoms. The zero-order valence-corrected chi connectivity index (χ0v) is 9.36. The minimum Gasteiger partial charge on any atom is -0.393 e. The molecular formula is C8H13NS3. The summed E-state index contributed by atoms with van der Waals surface area (Å²) in [4.78, 5) is 0.736. The van der Waals surface area contributed by atoms with Crippen LogP contribution in [0, 0.1) is 5.92 Å². The topological polar surface area (TPSA) is 26.0 Å². The maximum absolute atomic E-state index is 5.66. The predicted molar refractivity (Wildman–Crippen MR) is 61.8 cm³/mol. The van der Waals surface area contributed by atoms with Crippen LogP contribution in [0.3, 0.4) is 0 Å². The largest absolute Gasteiger partial charge is 0.393 e. The summed E-state index contributed by atoms with van der Waals surface area (Å²) in [5.41, 5.74) is 5.66. The third-order valence-corrected chi connectivity index (χ3v) is 6.56. The first kappa shape index (κ1) is 9.16. The minimum atomic E-state index is 0.508. The molecule has 0 amide bonds. The van der Waals surface area contributed by atoms with Gasteiger partial charge in [0.2, 0.25) is 0 Å². The monoisotopic (exact) mass is 219 g/mol. The fourth-order valence-electron chi connectivity index (χ4n) is 1.98. The van der Waals surface area contributed by atoms with Gasteiger partial charge in [0.1, 0.15) is 0 Å². The lowest BCUT2D eigenvalue weighted by atomic mass is 10.1. The first-order valence-electron chi connectivity index (χ1n) is 4.29. The fourth-order valence-corrected chi connectivity index (χ4v) is 5.58. The quantitative estimate of drug-likeness (QED) is 0.684. The maximum Gasteiger partial charge on any atom is 0.0759 e.